The van der Waals surface area contributed by atoms with Crippen molar-refractivity contribution in [1.29, 1.82) is 0 Å². The van der Waals surface area contributed by atoms with Crippen molar-refractivity contribution in [3.05, 3.63) is 53.2 Å². The van der Waals surface area contributed by atoms with Crippen molar-refractivity contribution >= 4 is 23.6 Å². The molecule has 3 amide bonds. The van der Waals surface area contributed by atoms with Gasteiger partial charge >= 0.3 is 18.4 Å². The predicted molar refractivity (Wildman–Crippen MR) is 107 cm³/mol. The maximum atomic E-state index is 12.6. The summed E-state index contributed by atoms with van der Waals surface area (Å²) in [4.78, 5) is 32.0. The first-order chi connectivity index (χ1) is 15.6. The zero-order valence-corrected chi connectivity index (χ0v) is 17.5. The topological polar surface area (TPSA) is 110 Å². The minimum absolute atomic E-state index is 0.0667. The molecular weight excluding hydrogens is 447 g/mol. The number of carbonyl (C=O) groups excluding carboxylic acids is 2. The third-order valence-electron chi connectivity index (χ3n) is 4.87. The van der Waals surface area contributed by atoms with E-state index in [1.54, 1.807) is 13.8 Å². The van der Waals surface area contributed by atoms with Crippen LogP contribution in [0.2, 0.25) is 0 Å². The third kappa shape index (κ3) is 5.07. The minimum atomic E-state index is -4.86. The maximum Gasteiger partial charge on any atom is 0.573 e. The molecule has 174 valence electrons. The van der Waals surface area contributed by atoms with E-state index in [9.17, 15) is 22.8 Å². The number of aromatic nitrogens is 1. The van der Waals surface area contributed by atoms with Crippen LogP contribution in [0.3, 0.4) is 0 Å². The number of ether oxygens (including phenoxy) is 2. The van der Waals surface area contributed by atoms with Gasteiger partial charge in [-0.15, -0.1) is 18.2 Å². The number of amidine groups is 1. The summed E-state index contributed by atoms with van der Waals surface area (Å²) in [5, 5.41) is 6.30. The molecule has 3 heterocycles. The van der Waals surface area contributed by atoms with Crippen LogP contribution in [0, 0.1) is 13.8 Å². The number of carbonyl (C=O) groups is 2. The van der Waals surface area contributed by atoms with Gasteiger partial charge in [-0.1, -0.05) is 11.2 Å². The monoisotopic (exact) mass is 465 g/mol. The van der Waals surface area contributed by atoms with Crippen LogP contribution < -0.4 is 10.1 Å². The molecule has 2 aliphatic heterocycles. The fourth-order valence-corrected chi connectivity index (χ4v) is 3.24. The maximum absolute atomic E-state index is 12.6. The van der Waals surface area contributed by atoms with Gasteiger partial charge in [0.15, 0.2) is 0 Å². The number of anilines is 1. The van der Waals surface area contributed by atoms with Crippen LogP contribution >= 0.6 is 0 Å². The second-order valence-corrected chi connectivity index (χ2v) is 7.22. The van der Waals surface area contributed by atoms with E-state index in [4.69, 9.17) is 9.26 Å². The van der Waals surface area contributed by atoms with E-state index in [1.807, 2.05) is 0 Å². The Hall–Kier alpha value is -4.03. The Balaban J connectivity index is 1.41. The number of hydrogen-bond donors (Lipinski definition) is 1. The second kappa shape index (κ2) is 8.48. The van der Waals surface area contributed by atoms with Crippen molar-refractivity contribution in [2.24, 2.45) is 4.99 Å². The zero-order chi connectivity index (χ0) is 23.8. The number of aryl methyl sites for hydroxylation is 2. The summed E-state index contributed by atoms with van der Waals surface area (Å²) in [6.07, 6.45) is -3.48. The molecule has 10 nitrogen and oxygen atoms in total. The van der Waals surface area contributed by atoms with E-state index >= 15 is 0 Å². The smallest absolute Gasteiger partial charge is 0.418 e. The number of alkyl halides is 3. The van der Waals surface area contributed by atoms with Crippen molar-refractivity contribution in [2.75, 3.05) is 18.4 Å². The van der Waals surface area contributed by atoms with Gasteiger partial charge in [0.1, 0.15) is 11.5 Å². The molecule has 4 rings (SSSR count). The Morgan fingerprint density at radius 1 is 1.27 bits per heavy atom. The van der Waals surface area contributed by atoms with Gasteiger partial charge in [0.05, 0.1) is 18.4 Å². The Morgan fingerprint density at radius 3 is 2.76 bits per heavy atom. The summed E-state index contributed by atoms with van der Waals surface area (Å²) in [6.45, 7) is 4.39. The van der Waals surface area contributed by atoms with Crippen molar-refractivity contribution in [3.63, 3.8) is 0 Å². The molecule has 2 aliphatic rings. The number of nitrogens with zero attached hydrogens (tertiary/aromatic N) is 4. The molecule has 0 saturated heterocycles. The quantitative estimate of drug-likeness (QED) is 0.722. The summed E-state index contributed by atoms with van der Waals surface area (Å²) < 4.78 is 51.6. The number of halogens is 3. The van der Waals surface area contributed by atoms with Crippen LogP contribution in [0.25, 0.3) is 0 Å². The normalized spacial score (nSPS) is 16.0. The molecule has 0 fully saturated rings. The number of benzene rings is 1. The van der Waals surface area contributed by atoms with Crippen LogP contribution in [0.1, 0.15) is 17.0 Å². The first-order valence-electron chi connectivity index (χ1n) is 9.72. The van der Waals surface area contributed by atoms with Crippen molar-refractivity contribution in [3.8, 4) is 5.75 Å². The number of nitrogens with one attached hydrogen (secondary N) is 1. The van der Waals surface area contributed by atoms with Gasteiger partial charge in [0.2, 0.25) is 5.76 Å². The van der Waals surface area contributed by atoms with Crippen molar-refractivity contribution < 1.29 is 36.8 Å². The Morgan fingerprint density at radius 2 is 2.06 bits per heavy atom. The molecule has 1 N–H and O–H groups in total. The predicted octanol–water partition coefficient (Wildman–Crippen LogP) is 3.29. The lowest BCUT2D eigenvalue weighted by atomic mass is 10.2. The van der Waals surface area contributed by atoms with E-state index in [-0.39, 0.29) is 24.0 Å². The number of rotatable bonds is 5. The van der Waals surface area contributed by atoms with Gasteiger partial charge in [-0.25, -0.2) is 4.79 Å². The molecule has 0 unspecified atom stereocenters. The van der Waals surface area contributed by atoms with Gasteiger partial charge in [-0.3, -0.25) is 9.69 Å². The van der Waals surface area contributed by atoms with Gasteiger partial charge < -0.3 is 24.2 Å². The average Bonchev–Trinajstić information content (AvgIpc) is 3.23. The summed E-state index contributed by atoms with van der Waals surface area (Å²) >= 11 is 0. The first kappa shape index (κ1) is 22.2. The molecule has 0 spiro atoms. The molecule has 1 aromatic heterocycles. The molecular formula is C20H18F3N5O5. The molecule has 0 saturated carbocycles. The van der Waals surface area contributed by atoms with Crippen LogP contribution in [0.15, 0.2) is 45.7 Å². The van der Waals surface area contributed by atoms with Crippen LogP contribution in [-0.4, -0.2) is 52.4 Å². The highest BCUT2D eigenvalue weighted by atomic mass is 19.4. The highest BCUT2D eigenvalue weighted by molar-refractivity contribution is 6.06. The number of aliphatic imine (C=N–C) groups is 1. The summed E-state index contributed by atoms with van der Waals surface area (Å²) in [5.41, 5.74) is 1.54. The Kier molecular flexibility index (Phi) is 5.70. The molecule has 33 heavy (non-hydrogen) atoms. The fraction of sp³-hybridized carbons (Fsp3) is 0.300. The summed E-state index contributed by atoms with van der Waals surface area (Å²) in [7, 11) is 0. The Bertz CT molecular complexity index is 1140. The number of hydrogen-bond acceptors (Lipinski definition) is 7. The van der Waals surface area contributed by atoms with Crippen LogP contribution in [-0.2, 0) is 16.1 Å². The van der Waals surface area contributed by atoms with E-state index in [0.717, 1.165) is 17.7 Å². The molecule has 0 atom stereocenters. The van der Waals surface area contributed by atoms with Crippen molar-refractivity contribution in [2.45, 2.75) is 26.8 Å². The molecule has 0 bridgehead atoms. The third-order valence-corrected chi connectivity index (χ3v) is 4.87. The highest BCUT2D eigenvalue weighted by Crippen LogP contribution is 2.26. The lowest BCUT2D eigenvalue weighted by Gasteiger charge is -2.19. The van der Waals surface area contributed by atoms with Gasteiger partial charge in [-0.05, 0) is 26.0 Å². The van der Waals surface area contributed by atoms with Crippen LogP contribution in [0.4, 0.5) is 23.7 Å². The fourth-order valence-electron chi connectivity index (χ4n) is 3.24. The number of fused-ring (bicyclic) bond motifs is 1. The summed E-state index contributed by atoms with van der Waals surface area (Å²) in [6, 6.07) is 4.19. The van der Waals surface area contributed by atoms with Gasteiger partial charge in [0.25, 0.3) is 5.91 Å². The first-order valence-corrected chi connectivity index (χ1v) is 9.72. The SMILES string of the molecule is Cc1noc(C)c1CN1CCN2C=C(C(=O)Nc3cccc(OC(F)(F)F)c3)OC2=NC1=O. The van der Waals surface area contributed by atoms with E-state index in [2.05, 4.69) is 20.2 Å². The largest absolute Gasteiger partial charge is 0.573 e. The lowest BCUT2D eigenvalue weighted by molar-refractivity contribution is -0.274. The standard InChI is InChI=1S/C20H18F3N5O5/c1-11-15(12(2)33-26-11)9-27-6-7-28-10-16(31-19(28)25-18(27)30)17(29)24-13-4-3-5-14(8-13)32-20(21,22)23/h3-5,8,10H,6-7,9H2,1-2H3,(H,24,29). The number of urea groups is 1. The van der Waals surface area contributed by atoms with E-state index in [0.29, 0.717) is 24.5 Å². The van der Waals surface area contributed by atoms with Gasteiger partial charge in [0, 0.05) is 30.4 Å². The van der Waals surface area contributed by atoms with Gasteiger partial charge in [-0.2, -0.15) is 0 Å². The Labute approximate surface area is 185 Å². The molecule has 0 aliphatic carbocycles. The molecule has 13 heteroatoms. The average molecular weight is 465 g/mol. The van der Waals surface area contributed by atoms with E-state index < -0.39 is 24.1 Å². The van der Waals surface area contributed by atoms with E-state index in [1.165, 1.54) is 28.1 Å². The molecule has 1 aromatic carbocycles. The molecule has 2 aromatic rings. The highest BCUT2D eigenvalue weighted by Gasteiger charge is 2.33. The summed E-state index contributed by atoms with van der Waals surface area (Å²) in [5.74, 6) is -0.765. The van der Waals surface area contributed by atoms with Crippen LogP contribution in [0.5, 0.6) is 5.75 Å². The second-order valence-electron chi connectivity index (χ2n) is 7.22. The molecule has 0 radical (unpaired) electrons. The zero-order valence-electron chi connectivity index (χ0n) is 17.5. The minimum Gasteiger partial charge on any atom is -0.418 e. The van der Waals surface area contributed by atoms with Crippen molar-refractivity contribution in [1.82, 2.24) is 15.0 Å². The number of amides is 3. The lowest BCUT2D eigenvalue weighted by Crippen LogP contribution is -2.32.